The fourth-order valence-electron chi connectivity index (χ4n) is 1.11. The highest BCUT2D eigenvalue weighted by molar-refractivity contribution is 5.92. The van der Waals surface area contributed by atoms with Crippen LogP contribution >= 0.6 is 0 Å². The molecule has 0 unspecified atom stereocenters. The summed E-state index contributed by atoms with van der Waals surface area (Å²) in [5.41, 5.74) is 2.03. The number of hydrogen-bond acceptors (Lipinski definition) is 4. The molecule has 0 atom stereocenters. The quantitative estimate of drug-likeness (QED) is 0.782. The Hall–Kier alpha value is -1.91. The Bertz CT molecular complexity index is 464. The SMILES string of the molecule is CCC(=O)Nc1ccc2nonc2c1. The molecule has 5 heteroatoms. The molecular formula is C9H9N3O2. The van der Waals surface area contributed by atoms with E-state index in [1.165, 1.54) is 0 Å². The number of anilines is 1. The van der Waals surface area contributed by atoms with E-state index in [1.807, 2.05) is 0 Å². The van der Waals surface area contributed by atoms with Crippen LogP contribution in [0.3, 0.4) is 0 Å². The van der Waals surface area contributed by atoms with Crippen LogP contribution in [0.1, 0.15) is 13.3 Å². The van der Waals surface area contributed by atoms with Gasteiger partial charge in [0.1, 0.15) is 11.0 Å². The maximum Gasteiger partial charge on any atom is 0.224 e. The molecular weight excluding hydrogens is 182 g/mol. The van der Waals surface area contributed by atoms with Crippen LogP contribution in [-0.4, -0.2) is 16.2 Å². The van der Waals surface area contributed by atoms with Gasteiger partial charge in [-0.1, -0.05) is 6.92 Å². The van der Waals surface area contributed by atoms with E-state index in [0.29, 0.717) is 23.1 Å². The van der Waals surface area contributed by atoms with E-state index in [9.17, 15) is 4.79 Å². The van der Waals surface area contributed by atoms with Crippen molar-refractivity contribution in [3.8, 4) is 0 Å². The van der Waals surface area contributed by atoms with E-state index in [1.54, 1.807) is 25.1 Å². The van der Waals surface area contributed by atoms with E-state index in [4.69, 9.17) is 0 Å². The van der Waals surface area contributed by atoms with Crippen molar-refractivity contribution in [1.29, 1.82) is 0 Å². The molecule has 0 saturated carbocycles. The summed E-state index contributed by atoms with van der Waals surface area (Å²) in [6, 6.07) is 5.23. The number of nitrogens with one attached hydrogen (secondary N) is 1. The summed E-state index contributed by atoms with van der Waals surface area (Å²) in [5, 5.41) is 10.1. The van der Waals surface area contributed by atoms with Gasteiger partial charge < -0.3 is 5.32 Å². The van der Waals surface area contributed by atoms with E-state index < -0.39 is 0 Å². The van der Waals surface area contributed by atoms with Gasteiger partial charge >= 0.3 is 0 Å². The minimum absolute atomic E-state index is 0.0270. The number of nitrogens with zero attached hydrogens (tertiary/aromatic N) is 2. The van der Waals surface area contributed by atoms with Crippen molar-refractivity contribution < 1.29 is 9.42 Å². The van der Waals surface area contributed by atoms with Gasteiger partial charge in [-0.25, -0.2) is 4.63 Å². The molecule has 0 radical (unpaired) electrons. The molecule has 0 saturated heterocycles. The minimum Gasteiger partial charge on any atom is -0.326 e. The summed E-state index contributed by atoms with van der Waals surface area (Å²) in [5.74, 6) is -0.0270. The molecule has 0 aliphatic rings. The first kappa shape index (κ1) is 8.68. The van der Waals surface area contributed by atoms with Gasteiger partial charge in [0, 0.05) is 12.1 Å². The van der Waals surface area contributed by atoms with Gasteiger partial charge in [0.05, 0.1) is 0 Å². The van der Waals surface area contributed by atoms with E-state index in [-0.39, 0.29) is 5.91 Å². The smallest absolute Gasteiger partial charge is 0.224 e. The van der Waals surface area contributed by atoms with Crippen LogP contribution in [0.5, 0.6) is 0 Å². The second-order valence-corrected chi connectivity index (χ2v) is 2.87. The zero-order valence-electron chi connectivity index (χ0n) is 7.65. The molecule has 1 aromatic carbocycles. The van der Waals surface area contributed by atoms with Crippen molar-refractivity contribution in [2.45, 2.75) is 13.3 Å². The highest BCUT2D eigenvalue weighted by Gasteiger charge is 2.03. The summed E-state index contributed by atoms with van der Waals surface area (Å²) in [4.78, 5) is 11.1. The summed E-state index contributed by atoms with van der Waals surface area (Å²) >= 11 is 0. The lowest BCUT2D eigenvalue weighted by Gasteiger charge is -2.01. The molecule has 0 spiro atoms. The molecule has 0 aliphatic carbocycles. The Labute approximate surface area is 80.1 Å². The van der Waals surface area contributed by atoms with Crippen LogP contribution in [0.25, 0.3) is 11.0 Å². The second kappa shape index (κ2) is 3.45. The van der Waals surface area contributed by atoms with Gasteiger partial charge in [0.2, 0.25) is 5.91 Å². The molecule has 2 aromatic rings. The minimum atomic E-state index is -0.0270. The lowest BCUT2D eigenvalue weighted by molar-refractivity contribution is -0.115. The van der Waals surface area contributed by atoms with Crippen molar-refractivity contribution in [3.05, 3.63) is 18.2 Å². The molecule has 0 fully saturated rings. The lowest BCUT2D eigenvalue weighted by Crippen LogP contribution is -2.09. The molecule has 14 heavy (non-hydrogen) atoms. The Morgan fingerprint density at radius 1 is 1.43 bits per heavy atom. The third kappa shape index (κ3) is 1.56. The first-order chi connectivity index (χ1) is 6.79. The number of carbonyl (C=O) groups excluding carboxylic acids is 1. The Balaban J connectivity index is 2.30. The summed E-state index contributed by atoms with van der Waals surface area (Å²) < 4.78 is 4.54. The third-order valence-corrected chi connectivity index (χ3v) is 1.86. The molecule has 2 rings (SSSR count). The third-order valence-electron chi connectivity index (χ3n) is 1.86. The predicted molar refractivity (Wildman–Crippen MR) is 50.7 cm³/mol. The van der Waals surface area contributed by atoms with Crippen LogP contribution < -0.4 is 5.32 Å². The largest absolute Gasteiger partial charge is 0.326 e. The van der Waals surface area contributed by atoms with Crippen LogP contribution in [0.2, 0.25) is 0 Å². The number of amides is 1. The number of fused-ring (bicyclic) bond motifs is 1. The molecule has 1 amide bonds. The van der Waals surface area contributed by atoms with Crippen LogP contribution in [0, 0.1) is 0 Å². The van der Waals surface area contributed by atoms with Crippen molar-refractivity contribution in [2.75, 3.05) is 5.32 Å². The average molecular weight is 191 g/mol. The van der Waals surface area contributed by atoms with Crippen LogP contribution in [0.15, 0.2) is 22.8 Å². The van der Waals surface area contributed by atoms with E-state index in [0.717, 1.165) is 0 Å². The Morgan fingerprint density at radius 2 is 2.21 bits per heavy atom. The fraction of sp³-hybridized carbons (Fsp3) is 0.222. The zero-order chi connectivity index (χ0) is 9.97. The predicted octanol–water partition coefficient (Wildman–Crippen LogP) is 1.57. The Morgan fingerprint density at radius 3 is 3.00 bits per heavy atom. The Kier molecular flexibility index (Phi) is 2.14. The van der Waals surface area contributed by atoms with Gasteiger partial charge in [-0.2, -0.15) is 0 Å². The van der Waals surface area contributed by atoms with Gasteiger partial charge in [0.15, 0.2) is 0 Å². The maximum absolute atomic E-state index is 11.1. The average Bonchev–Trinajstić information content (AvgIpc) is 2.64. The molecule has 0 bridgehead atoms. The number of rotatable bonds is 2. The van der Waals surface area contributed by atoms with E-state index >= 15 is 0 Å². The first-order valence-corrected chi connectivity index (χ1v) is 4.32. The number of aromatic nitrogens is 2. The monoisotopic (exact) mass is 191 g/mol. The molecule has 0 aliphatic heterocycles. The highest BCUT2D eigenvalue weighted by atomic mass is 16.6. The maximum atomic E-state index is 11.1. The molecule has 1 N–H and O–H groups in total. The topological polar surface area (TPSA) is 68.0 Å². The van der Waals surface area contributed by atoms with Crippen molar-refractivity contribution in [2.24, 2.45) is 0 Å². The number of hydrogen-bond donors (Lipinski definition) is 1. The van der Waals surface area contributed by atoms with Crippen molar-refractivity contribution in [1.82, 2.24) is 10.3 Å². The number of carbonyl (C=O) groups is 1. The summed E-state index contributed by atoms with van der Waals surface area (Å²) in [7, 11) is 0. The molecule has 1 aromatic heterocycles. The van der Waals surface area contributed by atoms with Gasteiger partial charge in [-0.05, 0) is 28.5 Å². The normalized spacial score (nSPS) is 10.4. The summed E-state index contributed by atoms with van der Waals surface area (Å²) in [6.45, 7) is 1.80. The standard InChI is InChI=1S/C9H9N3O2/c1-2-9(13)10-6-3-4-7-8(5-6)12-14-11-7/h3-5H,2H2,1H3,(H,10,13). The molecule has 1 heterocycles. The number of benzene rings is 1. The van der Waals surface area contributed by atoms with Crippen LogP contribution in [0.4, 0.5) is 5.69 Å². The molecule has 5 nitrogen and oxygen atoms in total. The zero-order valence-corrected chi connectivity index (χ0v) is 7.65. The van der Waals surface area contributed by atoms with Gasteiger partial charge in [-0.15, -0.1) is 0 Å². The highest BCUT2D eigenvalue weighted by Crippen LogP contribution is 2.15. The first-order valence-electron chi connectivity index (χ1n) is 4.32. The van der Waals surface area contributed by atoms with E-state index in [2.05, 4.69) is 20.3 Å². The second-order valence-electron chi connectivity index (χ2n) is 2.87. The van der Waals surface area contributed by atoms with Gasteiger partial charge in [-0.3, -0.25) is 4.79 Å². The van der Waals surface area contributed by atoms with Crippen molar-refractivity contribution >= 4 is 22.6 Å². The molecule has 72 valence electrons. The summed E-state index contributed by atoms with van der Waals surface area (Å²) in [6.07, 6.45) is 0.453. The van der Waals surface area contributed by atoms with Crippen molar-refractivity contribution in [3.63, 3.8) is 0 Å². The van der Waals surface area contributed by atoms with Gasteiger partial charge in [0.25, 0.3) is 0 Å². The fourth-order valence-corrected chi connectivity index (χ4v) is 1.11. The lowest BCUT2D eigenvalue weighted by atomic mass is 10.2. The van der Waals surface area contributed by atoms with Crippen LogP contribution in [-0.2, 0) is 4.79 Å².